The quantitative estimate of drug-likeness (QED) is 0.857. The zero-order chi connectivity index (χ0) is 12.3. The van der Waals surface area contributed by atoms with Crippen molar-refractivity contribution < 1.29 is 0 Å². The Labute approximate surface area is 105 Å². The first-order valence-corrected chi connectivity index (χ1v) is 6.75. The minimum atomic E-state index is 0.604. The van der Waals surface area contributed by atoms with Crippen molar-refractivity contribution in [3.63, 3.8) is 0 Å². The second kappa shape index (κ2) is 5.65. The maximum absolute atomic E-state index is 3.65. The SMILES string of the molecule is CCN(CC1Cc2ccccc2CN1)C(C)C. The lowest BCUT2D eigenvalue weighted by Crippen LogP contribution is -2.46. The van der Waals surface area contributed by atoms with Crippen LogP contribution in [0, 0.1) is 0 Å². The first kappa shape index (κ1) is 12.6. The molecule has 0 spiro atoms. The van der Waals surface area contributed by atoms with E-state index in [0.29, 0.717) is 12.1 Å². The van der Waals surface area contributed by atoms with Gasteiger partial charge in [-0.1, -0.05) is 31.2 Å². The van der Waals surface area contributed by atoms with E-state index in [1.54, 1.807) is 0 Å². The van der Waals surface area contributed by atoms with Crippen molar-refractivity contribution in [1.29, 1.82) is 0 Å². The zero-order valence-electron chi connectivity index (χ0n) is 11.2. The summed E-state index contributed by atoms with van der Waals surface area (Å²) in [4.78, 5) is 2.53. The number of hydrogen-bond acceptors (Lipinski definition) is 2. The number of nitrogens with zero attached hydrogens (tertiary/aromatic N) is 1. The Balaban J connectivity index is 1.98. The standard InChI is InChI=1S/C15H24N2/c1-4-17(12(2)3)11-15-9-13-7-5-6-8-14(13)10-16-15/h5-8,12,15-16H,4,9-11H2,1-3H3. The highest BCUT2D eigenvalue weighted by molar-refractivity contribution is 5.29. The van der Waals surface area contributed by atoms with Crippen LogP contribution in [0.15, 0.2) is 24.3 Å². The fraction of sp³-hybridized carbons (Fsp3) is 0.600. The Morgan fingerprint density at radius 3 is 2.65 bits per heavy atom. The van der Waals surface area contributed by atoms with E-state index in [9.17, 15) is 0 Å². The molecule has 1 aliphatic rings. The van der Waals surface area contributed by atoms with Gasteiger partial charge in [0, 0.05) is 25.2 Å². The molecular formula is C15H24N2. The van der Waals surface area contributed by atoms with Gasteiger partial charge in [0.1, 0.15) is 0 Å². The Kier molecular flexibility index (Phi) is 4.19. The maximum Gasteiger partial charge on any atom is 0.0238 e. The smallest absolute Gasteiger partial charge is 0.0238 e. The molecule has 1 aromatic carbocycles. The lowest BCUT2D eigenvalue weighted by atomic mass is 9.95. The number of rotatable bonds is 4. The summed E-state index contributed by atoms with van der Waals surface area (Å²) < 4.78 is 0. The fourth-order valence-electron chi connectivity index (χ4n) is 2.64. The van der Waals surface area contributed by atoms with Gasteiger partial charge in [0.25, 0.3) is 0 Å². The zero-order valence-corrected chi connectivity index (χ0v) is 11.2. The Hall–Kier alpha value is -0.860. The molecule has 2 rings (SSSR count). The molecule has 0 bridgehead atoms. The van der Waals surface area contributed by atoms with Gasteiger partial charge in [0.2, 0.25) is 0 Å². The van der Waals surface area contributed by atoms with E-state index in [1.165, 1.54) is 17.5 Å². The summed E-state index contributed by atoms with van der Waals surface area (Å²) in [5.41, 5.74) is 2.99. The number of benzene rings is 1. The van der Waals surface area contributed by atoms with Gasteiger partial charge in [-0.2, -0.15) is 0 Å². The van der Waals surface area contributed by atoms with Gasteiger partial charge in [-0.3, -0.25) is 4.90 Å². The molecule has 1 aliphatic heterocycles. The van der Waals surface area contributed by atoms with Crippen LogP contribution in [0.25, 0.3) is 0 Å². The van der Waals surface area contributed by atoms with Crippen molar-refractivity contribution in [2.24, 2.45) is 0 Å². The predicted octanol–water partition coefficient (Wildman–Crippen LogP) is 2.43. The third-order valence-corrected chi connectivity index (χ3v) is 3.76. The molecule has 2 nitrogen and oxygen atoms in total. The first-order valence-electron chi connectivity index (χ1n) is 6.75. The Morgan fingerprint density at radius 2 is 2.00 bits per heavy atom. The van der Waals surface area contributed by atoms with Crippen LogP contribution in [0.1, 0.15) is 31.9 Å². The van der Waals surface area contributed by atoms with Crippen molar-refractivity contribution in [2.75, 3.05) is 13.1 Å². The predicted molar refractivity (Wildman–Crippen MR) is 73.2 cm³/mol. The van der Waals surface area contributed by atoms with Crippen LogP contribution in [0.3, 0.4) is 0 Å². The van der Waals surface area contributed by atoms with Crippen LogP contribution in [-0.2, 0) is 13.0 Å². The molecule has 0 amide bonds. The van der Waals surface area contributed by atoms with Crippen LogP contribution in [0.2, 0.25) is 0 Å². The fourth-order valence-corrected chi connectivity index (χ4v) is 2.64. The molecule has 0 aliphatic carbocycles. The highest BCUT2D eigenvalue weighted by Crippen LogP contribution is 2.17. The van der Waals surface area contributed by atoms with Gasteiger partial charge < -0.3 is 5.32 Å². The van der Waals surface area contributed by atoms with Crippen LogP contribution < -0.4 is 5.32 Å². The first-order chi connectivity index (χ1) is 8.20. The molecular weight excluding hydrogens is 208 g/mol. The molecule has 1 heterocycles. The number of nitrogens with one attached hydrogen (secondary N) is 1. The highest BCUT2D eigenvalue weighted by Gasteiger charge is 2.20. The maximum atomic E-state index is 3.65. The lowest BCUT2D eigenvalue weighted by molar-refractivity contribution is 0.203. The molecule has 17 heavy (non-hydrogen) atoms. The molecule has 1 atom stereocenters. The van der Waals surface area contributed by atoms with E-state index in [-0.39, 0.29) is 0 Å². The van der Waals surface area contributed by atoms with Crippen LogP contribution >= 0.6 is 0 Å². The molecule has 1 unspecified atom stereocenters. The monoisotopic (exact) mass is 232 g/mol. The molecule has 0 radical (unpaired) electrons. The molecule has 0 saturated heterocycles. The molecule has 1 N–H and O–H groups in total. The summed E-state index contributed by atoms with van der Waals surface area (Å²) >= 11 is 0. The Bertz CT molecular complexity index is 360. The van der Waals surface area contributed by atoms with Crippen LogP contribution in [-0.4, -0.2) is 30.1 Å². The second-order valence-corrected chi connectivity index (χ2v) is 5.23. The summed E-state index contributed by atoms with van der Waals surface area (Å²) in [5, 5.41) is 3.65. The van der Waals surface area contributed by atoms with E-state index >= 15 is 0 Å². The lowest BCUT2D eigenvalue weighted by Gasteiger charge is -2.33. The van der Waals surface area contributed by atoms with Crippen molar-refractivity contribution >= 4 is 0 Å². The topological polar surface area (TPSA) is 15.3 Å². The molecule has 0 aromatic heterocycles. The number of fused-ring (bicyclic) bond motifs is 1. The van der Waals surface area contributed by atoms with Gasteiger partial charge in [0.05, 0.1) is 0 Å². The number of hydrogen-bond donors (Lipinski definition) is 1. The molecule has 0 saturated carbocycles. The van der Waals surface area contributed by atoms with E-state index in [1.807, 2.05) is 0 Å². The Morgan fingerprint density at radius 1 is 1.29 bits per heavy atom. The summed E-state index contributed by atoms with van der Waals surface area (Å²) in [6, 6.07) is 10.0. The van der Waals surface area contributed by atoms with Gasteiger partial charge in [0.15, 0.2) is 0 Å². The normalized spacial score (nSPS) is 19.7. The van der Waals surface area contributed by atoms with E-state index in [4.69, 9.17) is 0 Å². The van der Waals surface area contributed by atoms with Crippen LogP contribution in [0.4, 0.5) is 0 Å². The summed E-state index contributed by atoms with van der Waals surface area (Å²) in [6.07, 6.45) is 1.17. The summed E-state index contributed by atoms with van der Waals surface area (Å²) in [7, 11) is 0. The highest BCUT2D eigenvalue weighted by atomic mass is 15.2. The van der Waals surface area contributed by atoms with Crippen molar-refractivity contribution in [3.05, 3.63) is 35.4 Å². The molecule has 94 valence electrons. The van der Waals surface area contributed by atoms with E-state index < -0.39 is 0 Å². The molecule has 2 heteroatoms. The third kappa shape index (κ3) is 3.08. The summed E-state index contributed by atoms with van der Waals surface area (Å²) in [6.45, 7) is 10.1. The van der Waals surface area contributed by atoms with Crippen molar-refractivity contribution in [1.82, 2.24) is 10.2 Å². The number of likely N-dealkylation sites (N-methyl/N-ethyl adjacent to an activating group) is 1. The average Bonchev–Trinajstić information content (AvgIpc) is 2.35. The van der Waals surface area contributed by atoms with Gasteiger partial charge >= 0.3 is 0 Å². The minimum absolute atomic E-state index is 0.604. The average molecular weight is 232 g/mol. The largest absolute Gasteiger partial charge is 0.308 e. The second-order valence-electron chi connectivity index (χ2n) is 5.23. The van der Waals surface area contributed by atoms with Crippen molar-refractivity contribution in [3.8, 4) is 0 Å². The van der Waals surface area contributed by atoms with E-state index in [2.05, 4.69) is 55.3 Å². The molecule has 1 aromatic rings. The van der Waals surface area contributed by atoms with Gasteiger partial charge in [-0.25, -0.2) is 0 Å². The van der Waals surface area contributed by atoms with Crippen LogP contribution in [0.5, 0.6) is 0 Å². The third-order valence-electron chi connectivity index (χ3n) is 3.76. The van der Waals surface area contributed by atoms with E-state index in [0.717, 1.165) is 19.6 Å². The van der Waals surface area contributed by atoms with Crippen molar-refractivity contribution in [2.45, 2.75) is 45.8 Å². The molecule has 0 fully saturated rings. The van der Waals surface area contributed by atoms with Gasteiger partial charge in [-0.15, -0.1) is 0 Å². The van der Waals surface area contributed by atoms with Gasteiger partial charge in [-0.05, 0) is 37.9 Å². The minimum Gasteiger partial charge on any atom is -0.308 e. The summed E-state index contributed by atoms with van der Waals surface area (Å²) in [5.74, 6) is 0.